The normalized spacial score (nSPS) is 17.0. The second kappa shape index (κ2) is 6.62. The van der Waals surface area contributed by atoms with E-state index in [4.69, 9.17) is 22.3 Å². The lowest BCUT2D eigenvalue weighted by atomic mass is 9.73. The Bertz CT molecular complexity index is 873. The first-order valence-electron chi connectivity index (χ1n) is 8.63. The molecule has 1 saturated heterocycles. The Morgan fingerprint density at radius 3 is 2.56 bits per heavy atom. The highest BCUT2D eigenvalue weighted by atomic mass is 35.5. The van der Waals surface area contributed by atoms with Crippen molar-refractivity contribution in [2.75, 3.05) is 24.5 Å². The van der Waals surface area contributed by atoms with Gasteiger partial charge in [-0.1, -0.05) is 41.9 Å². The third-order valence-electron chi connectivity index (χ3n) is 5.32. The molecule has 25 heavy (non-hydrogen) atoms. The molecule has 1 fully saturated rings. The molecule has 0 aliphatic carbocycles. The predicted octanol–water partition coefficient (Wildman–Crippen LogP) is 3.78. The molecule has 0 spiro atoms. The number of aromatic nitrogens is 2. The van der Waals surface area contributed by atoms with E-state index in [0.29, 0.717) is 11.6 Å². The molecule has 2 aromatic heterocycles. The number of benzene rings is 1. The van der Waals surface area contributed by atoms with E-state index < -0.39 is 0 Å². The Hall–Kier alpha value is -2.17. The van der Waals surface area contributed by atoms with Gasteiger partial charge in [-0.2, -0.15) is 0 Å². The second-order valence-corrected chi connectivity index (χ2v) is 7.14. The Morgan fingerprint density at radius 1 is 1.08 bits per heavy atom. The van der Waals surface area contributed by atoms with Gasteiger partial charge in [0.25, 0.3) is 0 Å². The first kappa shape index (κ1) is 16.3. The monoisotopic (exact) mass is 352 g/mol. The van der Waals surface area contributed by atoms with Crippen LogP contribution >= 0.6 is 11.6 Å². The standard InChI is InChI=1S/C20H21ClN4/c21-17-12-15-6-7-18(24-19(15)23-13-17)25-10-8-20(14-22,9-11-25)16-4-2-1-3-5-16/h1-7,12-13H,8-11,14,22H2. The second-order valence-electron chi connectivity index (χ2n) is 6.71. The molecule has 3 aromatic rings. The molecule has 128 valence electrons. The molecule has 0 atom stereocenters. The maximum absolute atomic E-state index is 6.19. The molecule has 1 aromatic carbocycles. The van der Waals surface area contributed by atoms with Gasteiger partial charge < -0.3 is 10.6 Å². The number of hydrogen-bond acceptors (Lipinski definition) is 4. The van der Waals surface area contributed by atoms with E-state index in [2.05, 4.69) is 46.3 Å². The van der Waals surface area contributed by atoms with Crippen molar-refractivity contribution >= 4 is 28.5 Å². The van der Waals surface area contributed by atoms with Crippen molar-refractivity contribution < 1.29 is 0 Å². The maximum atomic E-state index is 6.19. The Labute approximate surface area is 152 Å². The lowest BCUT2D eigenvalue weighted by molar-refractivity contribution is 0.339. The maximum Gasteiger partial charge on any atom is 0.161 e. The topological polar surface area (TPSA) is 55.0 Å². The molecule has 1 aliphatic heterocycles. The summed E-state index contributed by atoms with van der Waals surface area (Å²) in [6.07, 6.45) is 3.70. The van der Waals surface area contributed by atoms with Crippen LogP contribution in [0.15, 0.2) is 54.7 Å². The number of anilines is 1. The molecule has 4 nitrogen and oxygen atoms in total. The van der Waals surface area contributed by atoms with Crippen molar-refractivity contribution in [3.05, 3.63) is 65.3 Å². The average molecular weight is 353 g/mol. The minimum Gasteiger partial charge on any atom is -0.356 e. The molecule has 0 amide bonds. The van der Waals surface area contributed by atoms with Gasteiger partial charge in [-0.15, -0.1) is 0 Å². The van der Waals surface area contributed by atoms with E-state index in [1.54, 1.807) is 6.20 Å². The van der Waals surface area contributed by atoms with Crippen molar-refractivity contribution in [2.24, 2.45) is 5.73 Å². The minimum absolute atomic E-state index is 0.0698. The van der Waals surface area contributed by atoms with Crippen LogP contribution in [-0.4, -0.2) is 29.6 Å². The molecular weight excluding hydrogens is 332 g/mol. The quantitative estimate of drug-likeness (QED) is 0.779. The molecule has 0 radical (unpaired) electrons. The average Bonchev–Trinajstić information content (AvgIpc) is 2.68. The first-order valence-corrected chi connectivity index (χ1v) is 9.01. The lowest BCUT2D eigenvalue weighted by Crippen LogP contribution is -2.47. The molecule has 0 saturated carbocycles. The van der Waals surface area contributed by atoms with E-state index in [0.717, 1.165) is 42.8 Å². The van der Waals surface area contributed by atoms with Crippen LogP contribution < -0.4 is 10.6 Å². The molecule has 3 heterocycles. The van der Waals surface area contributed by atoms with E-state index in [1.807, 2.05) is 12.1 Å². The Morgan fingerprint density at radius 2 is 1.84 bits per heavy atom. The van der Waals surface area contributed by atoms with Gasteiger partial charge in [0.05, 0.1) is 5.02 Å². The van der Waals surface area contributed by atoms with E-state index in [9.17, 15) is 0 Å². The summed E-state index contributed by atoms with van der Waals surface area (Å²) in [5, 5.41) is 1.60. The van der Waals surface area contributed by atoms with Crippen LogP contribution in [0, 0.1) is 0 Å². The summed E-state index contributed by atoms with van der Waals surface area (Å²) in [6.45, 7) is 2.56. The van der Waals surface area contributed by atoms with Crippen LogP contribution in [-0.2, 0) is 5.41 Å². The van der Waals surface area contributed by atoms with Crippen LogP contribution in [0.5, 0.6) is 0 Å². The summed E-state index contributed by atoms with van der Waals surface area (Å²) in [6, 6.07) is 16.6. The summed E-state index contributed by atoms with van der Waals surface area (Å²) < 4.78 is 0. The molecule has 2 N–H and O–H groups in total. The fourth-order valence-corrected chi connectivity index (χ4v) is 3.88. The molecule has 4 rings (SSSR count). The summed E-state index contributed by atoms with van der Waals surface area (Å²) in [5.41, 5.74) is 8.34. The molecule has 5 heteroatoms. The van der Waals surface area contributed by atoms with Gasteiger partial charge in [0, 0.05) is 36.6 Å². The Balaban J connectivity index is 1.56. The molecule has 1 aliphatic rings. The third-order valence-corrected chi connectivity index (χ3v) is 5.52. The zero-order valence-electron chi connectivity index (χ0n) is 14.0. The summed E-state index contributed by atoms with van der Waals surface area (Å²) in [7, 11) is 0. The van der Waals surface area contributed by atoms with Gasteiger partial charge in [0.1, 0.15) is 5.82 Å². The molecule has 0 unspecified atom stereocenters. The van der Waals surface area contributed by atoms with Crippen molar-refractivity contribution in [2.45, 2.75) is 18.3 Å². The van der Waals surface area contributed by atoms with Gasteiger partial charge in [0.15, 0.2) is 5.65 Å². The van der Waals surface area contributed by atoms with Gasteiger partial charge in [-0.05, 0) is 36.6 Å². The number of nitrogens with zero attached hydrogens (tertiary/aromatic N) is 3. The number of pyridine rings is 2. The SMILES string of the molecule is NCC1(c2ccccc2)CCN(c2ccc3cc(Cl)cnc3n2)CC1. The fourth-order valence-electron chi connectivity index (χ4n) is 3.72. The predicted molar refractivity (Wildman–Crippen MR) is 103 cm³/mol. The number of rotatable bonds is 3. The highest BCUT2D eigenvalue weighted by molar-refractivity contribution is 6.31. The summed E-state index contributed by atoms with van der Waals surface area (Å²) in [4.78, 5) is 11.4. The number of fused-ring (bicyclic) bond motifs is 1. The largest absolute Gasteiger partial charge is 0.356 e. The first-order chi connectivity index (χ1) is 12.2. The van der Waals surface area contributed by atoms with E-state index in [-0.39, 0.29) is 5.41 Å². The lowest BCUT2D eigenvalue weighted by Gasteiger charge is -2.42. The molecular formula is C20H21ClN4. The third kappa shape index (κ3) is 3.08. The van der Waals surface area contributed by atoms with Gasteiger partial charge in [0.2, 0.25) is 0 Å². The van der Waals surface area contributed by atoms with Crippen molar-refractivity contribution in [1.29, 1.82) is 0 Å². The number of hydrogen-bond donors (Lipinski definition) is 1. The van der Waals surface area contributed by atoms with Crippen LogP contribution in [0.25, 0.3) is 11.0 Å². The van der Waals surface area contributed by atoms with E-state index >= 15 is 0 Å². The summed E-state index contributed by atoms with van der Waals surface area (Å²) in [5.74, 6) is 0.973. The van der Waals surface area contributed by atoms with Crippen LogP contribution in [0.1, 0.15) is 18.4 Å². The highest BCUT2D eigenvalue weighted by Gasteiger charge is 2.35. The molecule has 0 bridgehead atoms. The van der Waals surface area contributed by atoms with Gasteiger partial charge in [-0.3, -0.25) is 0 Å². The van der Waals surface area contributed by atoms with Crippen LogP contribution in [0.3, 0.4) is 0 Å². The fraction of sp³-hybridized carbons (Fsp3) is 0.300. The van der Waals surface area contributed by atoms with Crippen LogP contribution in [0.4, 0.5) is 5.82 Å². The van der Waals surface area contributed by atoms with Crippen molar-refractivity contribution in [3.63, 3.8) is 0 Å². The van der Waals surface area contributed by atoms with Crippen molar-refractivity contribution in [1.82, 2.24) is 9.97 Å². The Kier molecular flexibility index (Phi) is 4.32. The van der Waals surface area contributed by atoms with Crippen LogP contribution in [0.2, 0.25) is 5.02 Å². The smallest absolute Gasteiger partial charge is 0.161 e. The number of nitrogens with two attached hydrogens (primary N) is 1. The van der Waals surface area contributed by atoms with E-state index in [1.165, 1.54) is 5.56 Å². The number of halogens is 1. The number of piperidine rings is 1. The minimum atomic E-state index is 0.0698. The van der Waals surface area contributed by atoms with Gasteiger partial charge in [-0.25, -0.2) is 9.97 Å². The highest BCUT2D eigenvalue weighted by Crippen LogP contribution is 2.36. The summed E-state index contributed by atoms with van der Waals surface area (Å²) >= 11 is 6.00. The van der Waals surface area contributed by atoms with Gasteiger partial charge >= 0.3 is 0 Å². The zero-order chi connectivity index (χ0) is 17.3. The zero-order valence-corrected chi connectivity index (χ0v) is 14.8. The van der Waals surface area contributed by atoms with Crippen molar-refractivity contribution in [3.8, 4) is 0 Å².